The third-order valence-electron chi connectivity index (χ3n) is 5.14. The van der Waals surface area contributed by atoms with Crippen molar-refractivity contribution in [2.75, 3.05) is 4.72 Å². The van der Waals surface area contributed by atoms with Gasteiger partial charge in [0.2, 0.25) is 0 Å². The van der Waals surface area contributed by atoms with Crippen molar-refractivity contribution < 1.29 is 31.5 Å². The van der Waals surface area contributed by atoms with Crippen LogP contribution in [0.5, 0.6) is 0 Å². The number of benzene rings is 4. The zero-order valence-corrected chi connectivity index (χ0v) is 18.7. The second kappa shape index (κ2) is 8.66. The van der Waals surface area contributed by atoms with Gasteiger partial charge in [0, 0.05) is 5.39 Å². The molecule has 174 valence electrons. The summed E-state index contributed by atoms with van der Waals surface area (Å²) in [6.45, 7) is 0. The summed E-state index contributed by atoms with van der Waals surface area (Å²) in [7, 11) is -4.39. The molecule has 4 aromatic rings. The molecule has 0 atom stereocenters. The summed E-state index contributed by atoms with van der Waals surface area (Å²) in [6, 6.07) is 18.5. The molecule has 4 aromatic carbocycles. The van der Waals surface area contributed by atoms with Gasteiger partial charge in [0.1, 0.15) is 0 Å². The van der Waals surface area contributed by atoms with Gasteiger partial charge in [-0.3, -0.25) is 4.72 Å². The summed E-state index contributed by atoms with van der Waals surface area (Å²) >= 11 is 5.60. The fourth-order valence-electron chi connectivity index (χ4n) is 3.55. The molecule has 5 nitrogen and oxygen atoms in total. The van der Waals surface area contributed by atoms with Gasteiger partial charge < -0.3 is 5.11 Å². The van der Waals surface area contributed by atoms with Crippen LogP contribution in [0.25, 0.3) is 21.9 Å². The number of carbonyl (C=O) groups is 1. The Balaban J connectivity index is 1.80. The summed E-state index contributed by atoms with van der Waals surface area (Å²) in [6.07, 6.45) is -4.82. The maximum Gasteiger partial charge on any atom is 0.417 e. The fraction of sp³-hybridized carbons (Fsp3) is 0.0417. The summed E-state index contributed by atoms with van der Waals surface area (Å²) in [5.41, 5.74) is 0.257. The zero-order valence-electron chi connectivity index (χ0n) is 17.1. The molecule has 0 aliphatic carbocycles. The number of hydrogen-bond acceptors (Lipinski definition) is 3. The highest BCUT2D eigenvalue weighted by Crippen LogP contribution is 2.37. The van der Waals surface area contributed by atoms with Gasteiger partial charge in [-0.05, 0) is 52.9 Å². The van der Waals surface area contributed by atoms with Crippen LogP contribution < -0.4 is 4.72 Å². The molecule has 0 radical (unpaired) electrons. The van der Waals surface area contributed by atoms with Crippen LogP contribution in [0.15, 0.2) is 83.8 Å². The van der Waals surface area contributed by atoms with E-state index in [4.69, 9.17) is 11.6 Å². The summed E-state index contributed by atoms with van der Waals surface area (Å²) in [5, 5.41) is 9.78. The first-order valence-electron chi connectivity index (χ1n) is 9.72. The number of alkyl halides is 3. The van der Waals surface area contributed by atoms with Gasteiger partial charge in [-0.1, -0.05) is 54.1 Å². The van der Waals surface area contributed by atoms with E-state index >= 15 is 0 Å². The third-order valence-corrected chi connectivity index (χ3v) is 6.84. The van der Waals surface area contributed by atoms with Crippen LogP contribution in [-0.2, 0) is 16.2 Å². The number of sulfonamides is 1. The van der Waals surface area contributed by atoms with Gasteiger partial charge in [0.15, 0.2) is 0 Å². The zero-order chi connectivity index (χ0) is 24.7. The number of carboxylic acids is 1. The van der Waals surface area contributed by atoms with Crippen LogP contribution in [-0.4, -0.2) is 19.5 Å². The molecule has 0 aliphatic rings. The van der Waals surface area contributed by atoms with Gasteiger partial charge >= 0.3 is 12.1 Å². The van der Waals surface area contributed by atoms with Crippen molar-refractivity contribution in [3.05, 3.63) is 95.0 Å². The Morgan fingerprint density at radius 2 is 1.59 bits per heavy atom. The molecule has 0 saturated heterocycles. The van der Waals surface area contributed by atoms with Crippen LogP contribution in [0.1, 0.15) is 15.9 Å². The molecular weight excluding hydrogens is 491 g/mol. The van der Waals surface area contributed by atoms with Crippen LogP contribution in [0.2, 0.25) is 5.02 Å². The smallest absolute Gasteiger partial charge is 0.417 e. The van der Waals surface area contributed by atoms with E-state index in [1.54, 1.807) is 42.5 Å². The Hall–Kier alpha value is -3.56. The van der Waals surface area contributed by atoms with Crippen LogP contribution in [0.4, 0.5) is 18.9 Å². The van der Waals surface area contributed by atoms with E-state index in [2.05, 4.69) is 4.72 Å². The molecule has 0 saturated carbocycles. The number of aromatic carboxylic acids is 1. The molecule has 0 spiro atoms. The van der Waals surface area contributed by atoms with Crippen molar-refractivity contribution in [1.82, 2.24) is 0 Å². The molecule has 4 rings (SSSR count). The predicted molar refractivity (Wildman–Crippen MR) is 124 cm³/mol. The monoisotopic (exact) mass is 505 g/mol. The van der Waals surface area contributed by atoms with Crippen molar-refractivity contribution in [1.29, 1.82) is 0 Å². The van der Waals surface area contributed by atoms with Crippen LogP contribution >= 0.6 is 11.6 Å². The minimum atomic E-state index is -4.82. The van der Waals surface area contributed by atoms with Gasteiger partial charge in [-0.15, -0.1) is 0 Å². The quantitative estimate of drug-likeness (QED) is 0.317. The van der Waals surface area contributed by atoms with Crippen molar-refractivity contribution in [2.24, 2.45) is 0 Å². The largest absolute Gasteiger partial charge is 0.478 e. The number of nitrogens with one attached hydrogen (secondary N) is 1. The highest BCUT2D eigenvalue weighted by atomic mass is 35.5. The number of carboxylic acid groups (broad SMARTS) is 1. The molecule has 0 aliphatic heterocycles. The second-order valence-electron chi connectivity index (χ2n) is 7.34. The van der Waals surface area contributed by atoms with E-state index in [0.717, 1.165) is 12.1 Å². The van der Waals surface area contributed by atoms with E-state index in [-0.39, 0.29) is 11.3 Å². The van der Waals surface area contributed by atoms with Crippen molar-refractivity contribution >= 4 is 44.1 Å². The van der Waals surface area contributed by atoms with Crippen LogP contribution in [0.3, 0.4) is 0 Å². The molecular formula is C24H15ClF3NO4S. The number of fused-ring (bicyclic) bond motifs is 1. The van der Waals surface area contributed by atoms with E-state index in [1.807, 2.05) is 0 Å². The summed E-state index contributed by atoms with van der Waals surface area (Å²) in [5.74, 6) is -1.09. The molecule has 34 heavy (non-hydrogen) atoms. The lowest BCUT2D eigenvalue weighted by molar-refractivity contribution is -0.137. The van der Waals surface area contributed by atoms with E-state index in [1.165, 1.54) is 18.2 Å². The van der Waals surface area contributed by atoms with Crippen molar-refractivity contribution in [3.63, 3.8) is 0 Å². The first-order chi connectivity index (χ1) is 16.0. The van der Waals surface area contributed by atoms with E-state index < -0.39 is 37.7 Å². The SMILES string of the molecule is O=C(O)c1cccc(-c2ccc(NS(=O)(=O)c3ccc(Cl)c(C(F)(F)F)c3)c3ccccc23)c1. The van der Waals surface area contributed by atoms with Crippen LogP contribution in [0, 0.1) is 0 Å². The average molecular weight is 506 g/mol. The fourth-order valence-corrected chi connectivity index (χ4v) is 4.88. The van der Waals surface area contributed by atoms with Gasteiger partial charge in [-0.2, -0.15) is 13.2 Å². The van der Waals surface area contributed by atoms with Gasteiger partial charge in [-0.25, -0.2) is 13.2 Å². The van der Waals surface area contributed by atoms with E-state index in [0.29, 0.717) is 28.0 Å². The Labute approximate surface area is 197 Å². The molecule has 0 bridgehead atoms. The Morgan fingerprint density at radius 3 is 2.26 bits per heavy atom. The number of hydrogen-bond donors (Lipinski definition) is 2. The minimum absolute atomic E-state index is 0.0922. The lowest BCUT2D eigenvalue weighted by Crippen LogP contribution is -2.15. The summed E-state index contributed by atoms with van der Waals surface area (Å²) < 4.78 is 67.8. The van der Waals surface area contributed by atoms with Gasteiger partial charge in [0.05, 0.1) is 26.7 Å². The molecule has 0 aromatic heterocycles. The molecule has 0 amide bonds. The lowest BCUT2D eigenvalue weighted by atomic mass is 9.96. The second-order valence-corrected chi connectivity index (χ2v) is 9.43. The maximum absolute atomic E-state index is 13.2. The first-order valence-corrected chi connectivity index (χ1v) is 11.6. The molecule has 0 unspecified atom stereocenters. The molecule has 10 heteroatoms. The average Bonchev–Trinajstić information content (AvgIpc) is 2.78. The topological polar surface area (TPSA) is 83.5 Å². The standard InChI is InChI=1S/C24H15ClF3NO4S/c25-21-10-8-16(13-20(21)24(26,27)28)34(32,33)29-22-11-9-17(18-6-1-2-7-19(18)22)14-4-3-5-15(12-14)23(30)31/h1-13,29H,(H,30,31). The Bertz CT molecular complexity index is 1540. The normalized spacial score (nSPS) is 12.0. The number of rotatable bonds is 5. The van der Waals surface area contributed by atoms with Gasteiger partial charge in [0.25, 0.3) is 10.0 Å². The minimum Gasteiger partial charge on any atom is -0.478 e. The predicted octanol–water partition coefficient (Wildman–Crippen LogP) is 6.68. The molecule has 0 heterocycles. The third kappa shape index (κ3) is 4.57. The first kappa shape index (κ1) is 23.6. The summed E-state index contributed by atoms with van der Waals surface area (Å²) in [4.78, 5) is 10.8. The highest BCUT2D eigenvalue weighted by molar-refractivity contribution is 7.92. The van der Waals surface area contributed by atoms with Crippen molar-refractivity contribution in [3.8, 4) is 11.1 Å². The Kier molecular flexibility index (Phi) is 6.01. The molecule has 2 N–H and O–H groups in total. The highest BCUT2D eigenvalue weighted by Gasteiger charge is 2.34. The van der Waals surface area contributed by atoms with Crippen molar-refractivity contribution in [2.45, 2.75) is 11.1 Å². The maximum atomic E-state index is 13.2. The molecule has 0 fully saturated rings. The number of halogens is 4. The Morgan fingerprint density at radius 1 is 0.882 bits per heavy atom. The number of anilines is 1. The van der Waals surface area contributed by atoms with E-state index in [9.17, 15) is 31.5 Å². The lowest BCUT2D eigenvalue weighted by Gasteiger charge is -2.15.